The minimum Gasteiger partial charge on any atom is -0.481 e. The monoisotopic (exact) mass is 347 g/mol. The lowest BCUT2D eigenvalue weighted by Gasteiger charge is -2.38. The molecule has 8 nitrogen and oxygen atoms in total. The van der Waals surface area contributed by atoms with Crippen LogP contribution in [0, 0.1) is 12.8 Å². The molecule has 136 valence electrons. The molecule has 2 fully saturated rings. The van der Waals surface area contributed by atoms with Gasteiger partial charge in [0.1, 0.15) is 0 Å². The van der Waals surface area contributed by atoms with Crippen molar-refractivity contribution in [1.82, 2.24) is 19.8 Å². The number of methoxy groups -OCH3 is 1. The molecule has 0 bridgehead atoms. The molecule has 1 atom stereocenters. The van der Waals surface area contributed by atoms with Gasteiger partial charge in [-0.05, 0) is 13.3 Å². The van der Waals surface area contributed by atoms with Crippen LogP contribution in [0.1, 0.15) is 18.5 Å². The molecule has 2 saturated heterocycles. The van der Waals surface area contributed by atoms with E-state index < -0.39 is 0 Å². The highest BCUT2D eigenvalue weighted by atomic mass is 16.5. The van der Waals surface area contributed by atoms with E-state index in [1.807, 2.05) is 11.8 Å². The molecule has 3 heterocycles. The molecule has 0 radical (unpaired) electrons. The van der Waals surface area contributed by atoms with E-state index in [4.69, 9.17) is 4.74 Å². The Morgan fingerprint density at radius 1 is 1.20 bits per heavy atom. The molecule has 1 aromatic heterocycles. The molecule has 2 aliphatic rings. The predicted octanol–water partition coefficient (Wildman–Crippen LogP) is 0.311. The lowest BCUT2D eigenvalue weighted by atomic mass is 9.94. The first-order valence-corrected chi connectivity index (χ1v) is 8.65. The number of nitrogens with zero attached hydrogens (tertiary/aromatic N) is 5. The Balaban J connectivity index is 1.59. The maximum atomic E-state index is 12.7. The molecule has 25 heavy (non-hydrogen) atoms. The molecule has 0 saturated carbocycles. The summed E-state index contributed by atoms with van der Waals surface area (Å²) in [6.45, 7) is 5.17. The summed E-state index contributed by atoms with van der Waals surface area (Å²) in [5, 5.41) is 0. The van der Waals surface area contributed by atoms with Crippen LogP contribution in [-0.4, -0.2) is 78.5 Å². The Hall–Kier alpha value is -2.38. The normalized spacial score (nSPS) is 21.5. The smallest absolute Gasteiger partial charge is 0.228 e. The Labute approximate surface area is 147 Å². The van der Waals surface area contributed by atoms with Gasteiger partial charge in [-0.25, -0.2) is 4.98 Å². The zero-order chi connectivity index (χ0) is 18.0. The average molecular weight is 347 g/mol. The zero-order valence-corrected chi connectivity index (χ0v) is 15.1. The van der Waals surface area contributed by atoms with Crippen LogP contribution in [-0.2, 0) is 9.59 Å². The van der Waals surface area contributed by atoms with E-state index in [-0.39, 0.29) is 17.7 Å². The van der Waals surface area contributed by atoms with E-state index in [1.54, 1.807) is 25.1 Å². The molecule has 0 N–H and O–H groups in total. The van der Waals surface area contributed by atoms with E-state index in [0.717, 1.165) is 12.1 Å². The van der Waals surface area contributed by atoms with Crippen molar-refractivity contribution in [3.05, 3.63) is 11.8 Å². The number of likely N-dealkylation sites (tertiary alicyclic amines) is 1. The largest absolute Gasteiger partial charge is 0.481 e. The predicted molar refractivity (Wildman–Crippen MR) is 92.5 cm³/mol. The first kappa shape index (κ1) is 17.4. The molecule has 0 aliphatic carbocycles. The summed E-state index contributed by atoms with van der Waals surface area (Å²) in [6, 6.07) is 1.79. The zero-order valence-electron chi connectivity index (χ0n) is 15.1. The number of amides is 2. The highest BCUT2D eigenvalue weighted by molar-refractivity contribution is 5.87. The third-order valence-corrected chi connectivity index (χ3v) is 4.91. The standard InChI is InChI=1S/C17H25N5O3/c1-12-10-14(25-3)19-17(18-12)22-8-6-21(7-9-22)16(24)13-4-5-20(2)15(23)11-13/h10,13H,4-9,11H2,1-3H3/t13-/m1/s1. The third-order valence-electron chi connectivity index (χ3n) is 4.91. The number of rotatable bonds is 3. The molecular formula is C17H25N5O3. The molecule has 3 rings (SSSR count). The fraction of sp³-hybridized carbons (Fsp3) is 0.647. The number of piperidine rings is 1. The molecule has 2 amide bonds. The van der Waals surface area contributed by atoms with Gasteiger partial charge in [0.15, 0.2) is 0 Å². The van der Waals surface area contributed by atoms with Crippen LogP contribution in [0.4, 0.5) is 5.95 Å². The topological polar surface area (TPSA) is 78.9 Å². The van der Waals surface area contributed by atoms with Crippen LogP contribution >= 0.6 is 0 Å². The van der Waals surface area contributed by atoms with Gasteiger partial charge in [-0.2, -0.15) is 4.98 Å². The number of aryl methyl sites for hydroxylation is 1. The van der Waals surface area contributed by atoms with Crippen LogP contribution < -0.4 is 9.64 Å². The third kappa shape index (κ3) is 3.83. The molecule has 1 aromatic rings. The lowest BCUT2D eigenvalue weighted by molar-refractivity contribution is -0.144. The number of piperazine rings is 1. The Morgan fingerprint density at radius 2 is 1.92 bits per heavy atom. The van der Waals surface area contributed by atoms with Gasteiger partial charge < -0.3 is 19.4 Å². The number of carbonyl (C=O) groups is 2. The minimum atomic E-state index is -0.175. The maximum Gasteiger partial charge on any atom is 0.228 e. The number of anilines is 1. The Morgan fingerprint density at radius 3 is 2.56 bits per heavy atom. The fourth-order valence-corrected chi connectivity index (χ4v) is 3.31. The van der Waals surface area contributed by atoms with Crippen molar-refractivity contribution in [2.45, 2.75) is 19.8 Å². The van der Waals surface area contributed by atoms with Crippen molar-refractivity contribution in [2.75, 3.05) is 51.8 Å². The second kappa shape index (κ2) is 7.25. The highest BCUT2D eigenvalue weighted by Gasteiger charge is 2.33. The van der Waals surface area contributed by atoms with Crippen molar-refractivity contribution in [3.63, 3.8) is 0 Å². The number of hydrogen-bond acceptors (Lipinski definition) is 6. The number of carbonyl (C=O) groups excluding carboxylic acids is 2. The molecule has 0 unspecified atom stereocenters. The summed E-state index contributed by atoms with van der Waals surface area (Å²) < 4.78 is 5.21. The van der Waals surface area contributed by atoms with Gasteiger partial charge in [0.2, 0.25) is 23.6 Å². The van der Waals surface area contributed by atoms with Gasteiger partial charge in [0.05, 0.1) is 7.11 Å². The van der Waals surface area contributed by atoms with Gasteiger partial charge in [0.25, 0.3) is 0 Å². The van der Waals surface area contributed by atoms with Gasteiger partial charge in [-0.3, -0.25) is 9.59 Å². The Bertz CT molecular complexity index is 658. The number of hydrogen-bond donors (Lipinski definition) is 0. The van der Waals surface area contributed by atoms with Gasteiger partial charge in [-0.1, -0.05) is 0 Å². The van der Waals surface area contributed by atoms with Crippen LogP contribution in [0.2, 0.25) is 0 Å². The lowest BCUT2D eigenvalue weighted by Crippen LogP contribution is -2.52. The van der Waals surface area contributed by atoms with Crippen molar-refractivity contribution in [2.24, 2.45) is 5.92 Å². The SMILES string of the molecule is COc1cc(C)nc(N2CCN(C(=O)[C@@H]3CCN(C)C(=O)C3)CC2)n1. The van der Waals surface area contributed by atoms with Crippen LogP contribution in [0.25, 0.3) is 0 Å². The van der Waals surface area contributed by atoms with E-state index in [9.17, 15) is 9.59 Å². The summed E-state index contributed by atoms with van der Waals surface area (Å²) in [5.41, 5.74) is 0.852. The summed E-state index contributed by atoms with van der Waals surface area (Å²) >= 11 is 0. The minimum absolute atomic E-state index is 0.0588. The average Bonchev–Trinajstić information content (AvgIpc) is 2.63. The first-order valence-electron chi connectivity index (χ1n) is 8.65. The van der Waals surface area contributed by atoms with E-state index in [1.165, 1.54) is 0 Å². The number of aromatic nitrogens is 2. The molecule has 8 heteroatoms. The van der Waals surface area contributed by atoms with Crippen molar-refractivity contribution >= 4 is 17.8 Å². The maximum absolute atomic E-state index is 12.7. The summed E-state index contributed by atoms with van der Waals surface area (Å²) in [7, 11) is 3.38. The van der Waals surface area contributed by atoms with Crippen LogP contribution in [0.5, 0.6) is 5.88 Å². The van der Waals surface area contributed by atoms with Crippen LogP contribution in [0.3, 0.4) is 0 Å². The van der Waals surface area contributed by atoms with E-state index in [2.05, 4.69) is 14.9 Å². The summed E-state index contributed by atoms with van der Waals surface area (Å²) in [5.74, 6) is 1.17. The second-order valence-corrected chi connectivity index (χ2v) is 6.67. The van der Waals surface area contributed by atoms with Crippen molar-refractivity contribution in [1.29, 1.82) is 0 Å². The van der Waals surface area contributed by atoms with Gasteiger partial charge in [0, 0.05) is 63.9 Å². The van der Waals surface area contributed by atoms with Crippen LogP contribution in [0.15, 0.2) is 6.07 Å². The van der Waals surface area contributed by atoms with Gasteiger partial charge in [-0.15, -0.1) is 0 Å². The summed E-state index contributed by atoms with van der Waals surface area (Å²) in [6.07, 6.45) is 1.08. The van der Waals surface area contributed by atoms with E-state index >= 15 is 0 Å². The Kier molecular flexibility index (Phi) is 5.06. The molecular weight excluding hydrogens is 322 g/mol. The van der Waals surface area contributed by atoms with Gasteiger partial charge >= 0.3 is 0 Å². The second-order valence-electron chi connectivity index (χ2n) is 6.67. The molecule has 2 aliphatic heterocycles. The van der Waals surface area contributed by atoms with Crippen molar-refractivity contribution < 1.29 is 14.3 Å². The first-order chi connectivity index (χ1) is 12.0. The molecule has 0 spiro atoms. The van der Waals surface area contributed by atoms with Crippen molar-refractivity contribution in [3.8, 4) is 5.88 Å². The summed E-state index contributed by atoms with van der Waals surface area (Å²) in [4.78, 5) is 39.0. The molecule has 0 aromatic carbocycles. The number of ether oxygens (including phenoxy) is 1. The highest BCUT2D eigenvalue weighted by Crippen LogP contribution is 2.22. The van der Waals surface area contributed by atoms with E-state index in [0.29, 0.717) is 51.0 Å². The quantitative estimate of drug-likeness (QED) is 0.783. The fourth-order valence-electron chi connectivity index (χ4n) is 3.31.